The van der Waals surface area contributed by atoms with Crippen LogP contribution in [0.5, 0.6) is 0 Å². The van der Waals surface area contributed by atoms with Gasteiger partial charge in [0.2, 0.25) is 0 Å². The first-order valence-corrected chi connectivity index (χ1v) is 7.25. The molecular weight excluding hydrogens is 268 g/mol. The standard InChI is InChI=1S/C16H22N2O3/c1-16(2)8-4-7-13(16)18-15(21)17-10-11-5-3-6-12(9-11)14(19)20/h3,5-6,9,13H,4,7-8,10H2,1-2H3,(H,19,20)(H2,17,18,21). The number of carboxylic acid groups (broad SMARTS) is 1. The summed E-state index contributed by atoms with van der Waals surface area (Å²) in [6.45, 7) is 4.66. The van der Waals surface area contributed by atoms with Crippen LogP contribution in [-0.4, -0.2) is 23.1 Å². The number of hydrogen-bond acceptors (Lipinski definition) is 2. The predicted molar refractivity (Wildman–Crippen MR) is 80.2 cm³/mol. The zero-order valence-electron chi connectivity index (χ0n) is 12.5. The van der Waals surface area contributed by atoms with Gasteiger partial charge >= 0.3 is 12.0 Å². The highest BCUT2D eigenvalue weighted by atomic mass is 16.4. The SMILES string of the molecule is CC1(C)CCCC1NC(=O)NCc1cccc(C(=O)O)c1. The Morgan fingerprint density at radius 3 is 2.76 bits per heavy atom. The largest absolute Gasteiger partial charge is 0.478 e. The van der Waals surface area contributed by atoms with Crippen LogP contribution >= 0.6 is 0 Å². The summed E-state index contributed by atoms with van der Waals surface area (Å²) in [5.74, 6) is -0.964. The molecule has 1 aromatic rings. The van der Waals surface area contributed by atoms with E-state index in [-0.39, 0.29) is 23.1 Å². The lowest BCUT2D eigenvalue weighted by atomic mass is 9.87. The van der Waals surface area contributed by atoms with E-state index >= 15 is 0 Å². The minimum Gasteiger partial charge on any atom is -0.478 e. The van der Waals surface area contributed by atoms with Crippen LogP contribution in [0, 0.1) is 5.41 Å². The van der Waals surface area contributed by atoms with Crippen molar-refractivity contribution in [2.75, 3.05) is 0 Å². The first-order valence-electron chi connectivity index (χ1n) is 7.25. The van der Waals surface area contributed by atoms with Crippen LogP contribution in [0.2, 0.25) is 0 Å². The summed E-state index contributed by atoms with van der Waals surface area (Å²) in [6.07, 6.45) is 3.27. The molecule has 1 atom stereocenters. The Balaban J connectivity index is 1.87. The number of hydrogen-bond donors (Lipinski definition) is 3. The molecular formula is C16H22N2O3. The predicted octanol–water partition coefficient (Wildman–Crippen LogP) is 2.76. The molecule has 0 saturated heterocycles. The number of carboxylic acids is 1. The third-order valence-corrected chi connectivity index (χ3v) is 4.19. The number of aromatic carboxylic acids is 1. The molecule has 114 valence electrons. The van der Waals surface area contributed by atoms with Crippen LogP contribution in [0.25, 0.3) is 0 Å². The number of carbonyl (C=O) groups excluding carboxylic acids is 1. The molecule has 2 amide bonds. The summed E-state index contributed by atoms with van der Waals surface area (Å²) in [5, 5.41) is 14.7. The second-order valence-corrected chi connectivity index (χ2v) is 6.27. The lowest BCUT2D eigenvalue weighted by Crippen LogP contribution is -2.46. The van der Waals surface area contributed by atoms with Gasteiger partial charge in [-0.2, -0.15) is 0 Å². The quantitative estimate of drug-likeness (QED) is 0.798. The molecule has 1 saturated carbocycles. The van der Waals surface area contributed by atoms with E-state index in [1.165, 1.54) is 6.07 Å². The van der Waals surface area contributed by atoms with Gasteiger partial charge in [-0.1, -0.05) is 32.4 Å². The van der Waals surface area contributed by atoms with Gasteiger partial charge in [0.15, 0.2) is 0 Å². The number of rotatable bonds is 4. The molecule has 0 heterocycles. The minimum absolute atomic E-state index is 0.139. The number of benzene rings is 1. The van der Waals surface area contributed by atoms with E-state index in [1.807, 2.05) is 0 Å². The van der Waals surface area contributed by atoms with Gasteiger partial charge in [0.25, 0.3) is 0 Å². The monoisotopic (exact) mass is 290 g/mol. The summed E-state index contributed by atoms with van der Waals surface area (Å²) < 4.78 is 0. The van der Waals surface area contributed by atoms with Gasteiger partial charge in [-0.25, -0.2) is 9.59 Å². The first kappa shape index (κ1) is 15.4. The van der Waals surface area contributed by atoms with Crippen molar-refractivity contribution in [2.45, 2.75) is 45.7 Å². The topological polar surface area (TPSA) is 78.4 Å². The fraction of sp³-hybridized carbons (Fsp3) is 0.500. The van der Waals surface area contributed by atoms with E-state index in [0.29, 0.717) is 6.54 Å². The highest BCUT2D eigenvalue weighted by Crippen LogP contribution is 2.37. The van der Waals surface area contributed by atoms with Gasteiger partial charge < -0.3 is 15.7 Å². The van der Waals surface area contributed by atoms with Crippen LogP contribution in [0.3, 0.4) is 0 Å². The Hall–Kier alpha value is -2.04. The summed E-state index contributed by atoms with van der Waals surface area (Å²) in [7, 11) is 0. The van der Waals surface area contributed by atoms with Gasteiger partial charge in [0, 0.05) is 12.6 Å². The summed E-state index contributed by atoms with van der Waals surface area (Å²) in [6, 6.07) is 6.58. The Bertz CT molecular complexity index is 540. The molecule has 1 aliphatic carbocycles. The number of amides is 2. The number of carbonyl (C=O) groups is 2. The molecule has 21 heavy (non-hydrogen) atoms. The maximum Gasteiger partial charge on any atom is 0.335 e. The molecule has 3 N–H and O–H groups in total. The summed E-state index contributed by atoms with van der Waals surface area (Å²) >= 11 is 0. The van der Waals surface area contributed by atoms with Crippen LogP contribution in [0.4, 0.5) is 4.79 Å². The van der Waals surface area contributed by atoms with E-state index < -0.39 is 5.97 Å². The van der Waals surface area contributed by atoms with E-state index in [0.717, 1.165) is 24.8 Å². The number of urea groups is 1. The van der Waals surface area contributed by atoms with Crippen LogP contribution in [0.1, 0.15) is 49.0 Å². The molecule has 0 radical (unpaired) electrons. The highest BCUT2D eigenvalue weighted by molar-refractivity contribution is 5.87. The van der Waals surface area contributed by atoms with Crippen LogP contribution in [-0.2, 0) is 6.54 Å². The van der Waals surface area contributed by atoms with Crippen molar-refractivity contribution in [3.63, 3.8) is 0 Å². The Labute approximate surface area is 124 Å². The molecule has 2 rings (SSSR count). The smallest absolute Gasteiger partial charge is 0.335 e. The van der Waals surface area contributed by atoms with Crippen molar-refractivity contribution in [3.05, 3.63) is 35.4 Å². The van der Waals surface area contributed by atoms with Crippen molar-refractivity contribution < 1.29 is 14.7 Å². The first-order chi connectivity index (χ1) is 9.88. The molecule has 1 aromatic carbocycles. The molecule has 0 aromatic heterocycles. The third kappa shape index (κ3) is 3.97. The lowest BCUT2D eigenvalue weighted by Gasteiger charge is -2.27. The highest BCUT2D eigenvalue weighted by Gasteiger charge is 2.35. The molecule has 1 unspecified atom stereocenters. The normalized spacial score (nSPS) is 20.0. The van der Waals surface area contributed by atoms with E-state index in [1.54, 1.807) is 18.2 Å². The second kappa shape index (κ2) is 6.16. The van der Waals surface area contributed by atoms with Crippen LogP contribution < -0.4 is 10.6 Å². The van der Waals surface area contributed by atoms with E-state index in [2.05, 4.69) is 24.5 Å². The van der Waals surface area contributed by atoms with Gasteiger partial charge in [-0.15, -0.1) is 0 Å². The maximum atomic E-state index is 11.9. The Morgan fingerprint density at radius 1 is 1.38 bits per heavy atom. The van der Waals surface area contributed by atoms with Crippen molar-refractivity contribution in [2.24, 2.45) is 5.41 Å². The molecule has 0 spiro atoms. The fourth-order valence-electron chi connectivity index (χ4n) is 2.80. The average molecular weight is 290 g/mol. The lowest BCUT2D eigenvalue weighted by molar-refractivity contribution is 0.0696. The summed E-state index contributed by atoms with van der Waals surface area (Å²) in [4.78, 5) is 22.8. The Kier molecular flexibility index (Phi) is 4.50. The molecule has 5 heteroatoms. The van der Waals surface area contributed by atoms with Crippen molar-refractivity contribution in [1.82, 2.24) is 10.6 Å². The second-order valence-electron chi connectivity index (χ2n) is 6.27. The molecule has 0 aliphatic heterocycles. The van der Waals surface area contributed by atoms with Gasteiger partial charge in [-0.05, 0) is 36.0 Å². The third-order valence-electron chi connectivity index (χ3n) is 4.19. The van der Waals surface area contributed by atoms with E-state index in [4.69, 9.17) is 5.11 Å². The molecule has 1 aliphatic rings. The minimum atomic E-state index is -0.964. The van der Waals surface area contributed by atoms with Crippen LogP contribution in [0.15, 0.2) is 24.3 Å². The molecule has 5 nitrogen and oxygen atoms in total. The van der Waals surface area contributed by atoms with E-state index in [9.17, 15) is 9.59 Å². The Morgan fingerprint density at radius 2 is 2.14 bits per heavy atom. The van der Waals surface area contributed by atoms with Crippen molar-refractivity contribution >= 4 is 12.0 Å². The average Bonchev–Trinajstić information content (AvgIpc) is 2.76. The van der Waals surface area contributed by atoms with Gasteiger partial charge in [0.1, 0.15) is 0 Å². The molecule has 1 fully saturated rings. The van der Waals surface area contributed by atoms with Crippen molar-refractivity contribution in [1.29, 1.82) is 0 Å². The fourth-order valence-corrected chi connectivity index (χ4v) is 2.80. The maximum absolute atomic E-state index is 11.9. The van der Waals surface area contributed by atoms with Gasteiger partial charge in [0.05, 0.1) is 5.56 Å². The zero-order chi connectivity index (χ0) is 15.5. The summed E-state index contributed by atoms with van der Waals surface area (Å²) in [5.41, 5.74) is 1.14. The zero-order valence-corrected chi connectivity index (χ0v) is 12.5. The van der Waals surface area contributed by atoms with Gasteiger partial charge in [-0.3, -0.25) is 0 Å². The molecule has 0 bridgehead atoms. The van der Waals surface area contributed by atoms with Crippen molar-refractivity contribution in [3.8, 4) is 0 Å². The number of nitrogens with one attached hydrogen (secondary N) is 2.